The van der Waals surface area contributed by atoms with Gasteiger partial charge < -0.3 is 5.11 Å². The average molecular weight is 171 g/mol. The Morgan fingerprint density at radius 2 is 1.92 bits per heavy atom. The maximum Gasteiger partial charge on any atom is 0.107 e. The lowest BCUT2D eigenvalue weighted by Crippen LogP contribution is -2.46. The fourth-order valence-corrected chi connectivity index (χ4v) is 1.98. The summed E-state index contributed by atoms with van der Waals surface area (Å²) in [6, 6.07) is 0.529. The second-order valence-electron chi connectivity index (χ2n) is 4.47. The molecule has 72 valence electrons. The van der Waals surface area contributed by atoms with Crippen molar-refractivity contribution in [3.63, 3.8) is 0 Å². The zero-order chi connectivity index (χ0) is 9.30. The Morgan fingerprint density at radius 3 is 2.33 bits per heavy atom. The van der Waals surface area contributed by atoms with Crippen molar-refractivity contribution in [2.45, 2.75) is 45.9 Å². The molecule has 1 heterocycles. The number of nitrogens with zero attached hydrogens (tertiary/aromatic N) is 1. The number of aliphatic hydroxyl groups excluding tert-OH is 1. The zero-order valence-electron chi connectivity index (χ0n) is 8.62. The molecular formula is C10H21NO. The first-order valence-electron chi connectivity index (χ1n) is 4.92. The van der Waals surface area contributed by atoms with Crippen molar-refractivity contribution in [2.75, 3.05) is 7.05 Å². The number of aliphatic hydroxyl groups is 1. The van der Waals surface area contributed by atoms with Gasteiger partial charge >= 0.3 is 0 Å². The van der Waals surface area contributed by atoms with Crippen LogP contribution in [0.15, 0.2) is 0 Å². The Balaban J connectivity index is 2.53. The van der Waals surface area contributed by atoms with Crippen LogP contribution in [0.5, 0.6) is 0 Å². The molecule has 2 nitrogen and oxygen atoms in total. The van der Waals surface area contributed by atoms with Gasteiger partial charge in [-0.2, -0.15) is 0 Å². The van der Waals surface area contributed by atoms with Crippen LogP contribution in [0.2, 0.25) is 0 Å². The maximum atomic E-state index is 9.69. The predicted molar refractivity (Wildman–Crippen MR) is 50.8 cm³/mol. The van der Waals surface area contributed by atoms with E-state index in [9.17, 15) is 5.11 Å². The fourth-order valence-electron chi connectivity index (χ4n) is 1.98. The molecule has 1 N–H and O–H groups in total. The van der Waals surface area contributed by atoms with Crippen LogP contribution in [-0.4, -0.2) is 29.3 Å². The SMILES string of the molecule is CC(C)[C@@H]1C[C@@H](C)N(C)[C@@H](O)C1. The fraction of sp³-hybridized carbons (Fsp3) is 1.00. The van der Waals surface area contributed by atoms with Gasteiger partial charge in [-0.1, -0.05) is 13.8 Å². The minimum absolute atomic E-state index is 0.221. The summed E-state index contributed by atoms with van der Waals surface area (Å²) in [5.74, 6) is 1.40. The highest BCUT2D eigenvalue weighted by atomic mass is 16.3. The van der Waals surface area contributed by atoms with Crippen LogP contribution in [-0.2, 0) is 0 Å². The Bertz CT molecular complexity index is 135. The molecule has 2 heteroatoms. The summed E-state index contributed by atoms with van der Waals surface area (Å²) in [6.45, 7) is 6.68. The molecule has 0 aromatic heterocycles. The van der Waals surface area contributed by atoms with Crippen LogP contribution in [0.4, 0.5) is 0 Å². The van der Waals surface area contributed by atoms with Gasteiger partial charge in [0, 0.05) is 6.04 Å². The summed E-state index contributed by atoms with van der Waals surface area (Å²) in [6.07, 6.45) is 1.95. The van der Waals surface area contributed by atoms with E-state index in [1.807, 2.05) is 7.05 Å². The van der Waals surface area contributed by atoms with Crippen LogP contribution >= 0.6 is 0 Å². The third-order valence-corrected chi connectivity index (χ3v) is 3.27. The first-order chi connectivity index (χ1) is 5.52. The molecular weight excluding hydrogens is 150 g/mol. The molecule has 1 aliphatic rings. The van der Waals surface area contributed by atoms with Gasteiger partial charge in [-0.05, 0) is 38.6 Å². The molecule has 0 aromatic carbocycles. The van der Waals surface area contributed by atoms with E-state index < -0.39 is 0 Å². The number of hydrogen-bond donors (Lipinski definition) is 1. The van der Waals surface area contributed by atoms with E-state index in [4.69, 9.17) is 0 Å². The van der Waals surface area contributed by atoms with Gasteiger partial charge in [0.05, 0.1) is 0 Å². The second kappa shape index (κ2) is 3.75. The topological polar surface area (TPSA) is 23.5 Å². The lowest BCUT2D eigenvalue weighted by Gasteiger charge is -2.40. The van der Waals surface area contributed by atoms with Crippen LogP contribution < -0.4 is 0 Å². The van der Waals surface area contributed by atoms with Crippen molar-refractivity contribution in [3.05, 3.63) is 0 Å². The lowest BCUT2D eigenvalue weighted by atomic mass is 9.83. The highest BCUT2D eigenvalue weighted by Gasteiger charge is 2.30. The Morgan fingerprint density at radius 1 is 1.33 bits per heavy atom. The second-order valence-corrected chi connectivity index (χ2v) is 4.47. The summed E-state index contributed by atoms with van der Waals surface area (Å²) in [5, 5.41) is 9.69. The smallest absolute Gasteiger partial charge is 0.107 e. The van der Waals surface area contributed by atoms with Crippen LogP contribution in [0.1, 0.15) is 33.6 Å². The number of hydrogen-bond acceptors (Lipinski definition) is 2. The molecule has 0 amide bonds. The van der Waals surface area contributed by atoms with Crippen molar-refractivity contribution >= 4 is 0 Å². The van der Waals surface area contributed by atoms with Gasteiger partial charge in [0.1, 0.15) is 6.23 Å². The molecule has 12 heavy (non-hydrogen) atoms. The van der Waals surface area contributed by atoms with Crippen LogP contribution in [0.25, 0.3) is 0 Å². The van der Waals surface area contributed by atoms with Gasteiger partial charge in [0.15, 0.2) is 0 Å². The molecule has 3 atom stereocenters. The van der Waals surface area contributed by atoms with Crippen molar-refractivity contribution in [2.24, 2.45) is 11.8 Å². The minimum atomic E-state index is -0.221. The third kappa shape index (κ3) is 1.99. The average Bonchev–Trinajstić information content (AvgIpc) is 1.99. The van der Waals surface area contributed by atoms with E-state index in [-0.39, 0.29) is 6.23 Å². The molecule has 0 unspecified atom stereocenters. The van der Waals surface area contributed by atoms with Gasteiger partial charge in [0.25, 0.3) is 0 Å². The largest absolute Gasteiger partial charge is 0.378 e. The molecule has 1 saturated heterocycles. The summed E-state index contributed by atoms with van der Waals surface area (Å²) in [7, 11) is 2.01. The first-order valence-corrected chi connectivity index (χ1v) is 4.92. The molecule has 0 bridgehead atoms. The summed E-state index contributed by atoms with van der Waals surface area (Å²) in [4.78, 5) is 2.07. The van der Waals surface area contributed by atoms with Crippen molar-refractivity contribution < 1.29 is 5.11 Å². The third-order valence-electron chi connectivity index (χ3n) is 3.27. The molecule has 0 spiro atoms. The summed E-state index contributed by atoms with van der Waals surface area (Å²) in [5.41, 5.74) is 0. The van der Waals surface area contributed by atoms with Gasteiger partial charge in [-0.15, -0.1) is 0 Å². The normalized spacial score (nSPS) is 39.0. The molecule has 0 radical (unpaired) electrons. The molecule has 1 aliphatic heterocycles. The minimum Gasteiger partial charge on any atom is -0.378 e. The lowest BCUT2D eigenvalue weighted by molar-refractivity contribution is -0.0612. The Labute approximate surface area is 75.6 Å². The molecule has 1 rings (SSSR count). The van der Waals surface area contributed by atoms with Crippen molar-refractivity contribution in [3.8, 4) is 0 Å². The van der Waals surface area contributed by atoms with Gasteiger partial charge in [-0.3, -0.25) is 4.90 Å². The summed E-state index contributed by atoms with van der Waals surface area (Å²) < 4.78 is 0. The van der Waals surface area contributed by atoms with E-state index in [2.05, 4.69) is 25.7 Å². The van der Waals surface area contributed by atoms with Crippen molar-refractivity contribution in [1.82, 2.24) is 4.90 Å². The number of likely N-dealkylation sites (tertiary alicyclic amines) is 1. The quantitative estimate of drug-likeness (QED) is 0.649. The Hall–Kier alpha value is -0.0800. The van der Waals surface area contributed by atoms with E-state index in [0.29, 0.717) is 17.9 Å². The standard InChI is InChI=1S/C10H21NO/c1-7(2)9-5-8(3)11(4)10(12)6-9/h7-10,12H,5-6H2,1-4H3/t8-,9-,10+/m1/s1. The first kappa shape index (κ1) is 10.0. The maximum absolute atomic E-state index is 9.69. The number of piperidine rings is 1. The molecule has 1 fully saturated rings. The highest BCUT2D eigenvalue weighted by Crippen LogP contribution is 2.30. The highest BCUT2D eigenvalue weighted by molar-refractivity contribution is 4.80. The zero-order valence-corrected chi connectivity index (χ0v) is 8.62. The van der Waals surface area contributed by atoms with Crippen LogP contribution in [0.3, 0.4) is 0 Å². The summed E-state index contributed by atoms with van der Waals surface area (Å²) >= 11 is 0. The Kier molecular flexibility index (Phi) is 3.13. The molecule has 0 saturated carbocycles. The van der Waals surface area contributed by atoms with Crippen molar-refractivity contribution in [1.29, 1.82) is 0 Å². The number of rotatable bonds is 1. The van der Waals surface area contributed by atoms with E-state index in [0.717, 1.165) is 6.42 Å². The van der Waals surface area contributed by atoms with E-state index >= 15 is 0 Å². The van der Waals surface area contributed by atoms with Gasteiger partial charge in [-0.25, -0.2) is 0 Å². The predicted octanol–water partition coefficient (Wildman–Crippen LogP) is 1.69. The van der Waals surface area contributed by atoms with Gasteiger partial charge in [0.2, 0.25) is 0 Å². The molecule has 0 aromatic rings. The monoisotopic (exact) mass is 171 g/mol. The van der Waals surface area contributed by atoms with E-state index in [1.54, 1.807) is 0 Å². The molecule has 0 aliphatic carbocycles. The van der Waals surface area contributed by atoms with Crippen LogP contribution in [0, 0.1) is 11.8 Å². The van der Waals surface area contributed by atoms with E-state index in [1.165, 1.54) is 6.42 Å².